The molecule has 1 fully saturated rings. The second-order valence-electron chi connectivity index (χ2n) is 4.72. The second kappa shape index (κ2) is 6.21. The number of anilines is 1. The fourth-order valence-electron chi connectivity index (χ4n) is 2.12. The van der Waals surface area contributed by atoms with Crippen molar-refractivity contribution in [1.29, 1.82) is 0 Å². The first-order valence-electron chi connectivity index (χ1n) is 6.66. The summed E-state index contributed by atoms with van der Waals surface area (Å²) in [6.07, 6.45) is 0.702. The third-order valence-corrected chi connectivity index (χ3v) is 4.17. The third-order valence-electron chi connectivity index (χ3n) is 3.30. The molecule has 1 unspecified atom stereocenters. The van der Waals surface area contributed by atoms with Gasteiger partial charge in [-0.15, -0.1) is 0 Å². The average Bonchev–Trinajstić information content (AvgIpc) is 2.81. The van der Waals surface area contributed by atoms with E-state index in [1.165, 1.54) is 7.05 Å². The van der Waals surface area contributed by atoms with Gasteiger partial charge < -0.3 is 10.1 Å². The van der Waals surface area contributed by atoms with E-state index in [0.29, 0.717) is 29.1 Å². The van der Waals surface area contributed by atoms with Crippen LogP contribution in [0.3, 0.4) is 0 Å². The van der Waals surface area contributed by atoms with E-state index in [2.05, 4.69) is 9.69 Å². The number of ether oxygens (including phenoxy) is 1. The van der Waals surface area contributed by atoms with E-state index < -0.39 is 12.0 Å². The highest BCUT2D eigenvalue weighted by Crippen LogP contribution is 2.28. The van der Waals surface area contributed by atoms with Crippen molar-refractivity contribution in [2.45, 2.75) is 32.7 Å². The Kier molecular flexibility index (Phi) is 4.56. The lowest BCUT2D eigenvalue weighted by molar-refractivity contribution is -0.146. The fourth-order valence-corrected chi connectivity index (χ4v) is 2.96. The third kappa shape index (κ3) is 3.05. The van der Waals surface area contributed by atoms with Gasteiger partial charge in [0, 0.05) is 13.5 Å². The van der Waals surface area contributed by atoms with Crippen LogP contribution in [0.4, 0.5) is 5.00 Å². The number of aromatic nitrogens is 1. The molecule has 0 bridgehead atoms. The molecule has 1 saturated heterocycles. The molecular weight excluding hydrogens is 294 g/mol. The monoisotopic (exact) mass is 311 g/mol. The number of esters is 1. The van der Waals surface area contributed by atoms with Gasteiger partial charge in [-0.1, -0.05) is 0 Å². The lowest BCUT2D eigenvalue weighted by atomic mass is 10.0. The molecule has 2 rings (SSSR count). The molecule has 0 saturated carbocycles. The van der Waals surface area contributed by atoms with Crippen LogP contribution in [-0.2, 0) is 14.3 Å². The van der Waals surface area contributed by atoms with Gasteiger partial charge in [-0.3, -0.25) is 14.5 Å². The van der Waals surface area contributed by atoms with Crippen molar-refractivity contribution < 1.29 is 19.1 Å². The lowest BCUT2D eigenvalue weighted by Crippen LogP contribution is -2.48. The van der Waals surface area contributed by atoms with E-state index in [1.54, 1.807) is 13.8 Å². The number of hydrogen-bond acceptors (Lipinski definition) is 7. The summed E-state index contributed by atoms with van der Waals surface area (Å²) in [5, 5.41) is 3.53. The number of aryl methyl sites for hydroxylation is 1. The van der Waals surface area contributed by atoms with Crippen LogP contribution in [0.1, 0.15) is 35.8 Å². The van der Waals surface area contributed by atoms with Crippen LogP contribution in [0, 0.1) is 6.92 Å². The van der Waals surface area contributed by atoms with Crippen LogP contribution in [0.15, 0.2) is 0 Å². The number of nitrogens with one attached hydrogen (secondary N) is 1. The number of amides is 2. The van der Waals surface area contributed by atoms with Gasteiger partial charge in [0.2, 0.25) is 5.91 Å². The van der Waals surface area contributed by atoms with Crippen molar-refractivity contribution in [2.75, 3.05) is 19.0 Å². The number of rotatable bonds is 4. The minimum absolute atomic E-state index is 0.191. The quantitative estimate of drug-likeness (QED) is 0.663. The predicted molar refractivity (Wildman–Crippen MR) is 77.2 cm³/mol. The maximum absolute atomic E-state index is 12.1. The molecule has 0 aromatic carbocycles. The van der Waals surface area contributed by atoms with Crippen molar-refractivity contribution in [3.05, 3.63) is 11.3 Å². The maximum Gasteiger partial charge on any atom is 0.343 e. The summed E-state index contributed by atoms with van der Waals surface area (Å²) in [7, 11) is 1.46. The Hall–Kier alpha value is -1.96. The van der Waals surface area contributed by atoms with Crippen molar-refractivity contribution >= 4 is 34.3 Å². The Bertz CT molecular complexity index is 584. The number of likely N-dealkylation sites (tertiary alicyclic amines) is 1. The van der Waals surface area contributed by atoms with E-state index in [1.807, 2.05) is 0 Å². The summed E-state index contributed by atoms with van der Waals surface area (Å²) >= 11 is 1.11. The van der Waals surface area contributed by atoms with Crippen LogP contribution >= 0.6 is 11.5 Å². The highest BCUT2D eigenvalue weighted by atomic mass is 32.1. The molecule has 7 nitrogen and oxygen atoms in total. The molecular formula is C13H17N3O4S. The zero-order valence-electron chi connectivity index (χ0n) is 12.1. The molecule has 1 atom stereocenters. The molecule has 1 aliphatic heterocycles. The largest absolute Gasteiger partial charge is 0.462 e. The Morgan fingerprint density at radius 3 is 2.90 bits per heavy atom. The molecule has 2 heterocycles. The zero-order chi connectivity index (χ0) is 15.6. The van der Waals surface area contributed by atoms with Crippen LogP contribution in [-0.4, -0.2) is 46.8 Å². The summed E-state index contributed by atoms with van der Waals surface area (Å²) in [6.45, 7) is 3.71. The number of hydrogen-bond donors (Lipinski definition) is 1. The highest BCUT2D eigenvalue weighted by molar-refractivity contribution is 7.10. The minimum Gasteiger partial charge on any atom is -0.462 e. The Balaban J connectivity index is 2.19. The average molecular weight is 311 g/mol. The molecule has 1 aromatic heterocycles. The normalized spacial score (nSPS) is 18.8. The van der Waals surface area contributed by atoms with Crippen LogP contribution in [0.2, 0.25) is 0 Å². The zero-order valence-corrected chi connectivity index (χ0v) is 13.0. The van der Waals surface area contributed by atoms with E-state index in [9.17, 15) is 14.4 Å². The first-order valence-corrected chi connectivity index (χ1v) is 7.43. The number of likely N-dealkylation sites (N-methyl/N-ethyl adjacent to an activating group) is 1. The predicted octanol–water partition coefficient (Wildman–Crippen LogP) is 1.19. The van der Waals surface area contributed by atoms with E-state index in [0.717, 1.165) is 16.4 Å². The topological polar surface area (TPSA) is 88.6 Å². The van der Waals surface area contributed by atoms with Crippen molar-refractivity contribution in [3.8, 4) is 0 Å². The van der Waals surface area contributed by atoms with Crippen LogP contribution in [0.25, 0.3) is 0 Å². The van der Waals surface area contributed by atoms with Crippen LogP contribution < -0.4 is 5.32 Å². The smallest absolute Gasteiger partial charge is 0.343 e. The van der Waals surface area contributed by atoms with Gasteiger partial charge in [-0.05, 0) is 31.8 Å². The molecule has 114 valence electrons. The Morgan fingerprint density at radius 2 is 2.24 bits per heavy atom. The molecule has 1 N–H and O–H groups in total. The van der Waals surface area contributed by atoms with Crippen molar-refractivity contribution in [2.24, 2.45) is 0 Å². The molecule has 0 radical (unpaired) electrons. The maximum atomic E-state index is 12.1. The summed E-state index contributed by atoms with van der Waals surface area (Å²) in [4.78, 5) is 36.6. The summed E-state index contributed by atoms with van der Waals surface area (Å²) in [5.74, 6) is -0.949. The number of imide groups is 1. The van der Waals surface area contributed by atoms with E-state index >= 15 is 0 Å². The lowest BCUT2D eigenvalue weighted by Gasteiger charge is -2.28. The van der Waals surface area contributed by atoms with Gasteiger partial charge in [0.1, 0.15) is 16.6 Å². The second-order valence-corrected chi connectivity index (χ2v) is 5.49. The number of nitrogens with zero attached hydrogens (tertiary/aromatic N) is 2. The summed E-state index contributed by atoms with van der Waals surface area (Å²) in [6, 6.07) is -0.527. The van der Waals surface area contributed by atoms with Gasteiger partial charge >= 0.3 is 5.97 Å². The van der Waals surface area contributed by atoms with E-state index in [-0.39, 0.29) is 18.4 Å². The Morgan fingerprint density at radius 1 is 1.52 bits per heavy atom. The number of carbonyl (C=O) groups is 3. The summed E-state index contributed by atoms with van der Waals surface area (Å²) < 4.78 is 9.13. The van der Waals surface area contributed by atoms with Crippen molar-refractivity contribution in [1.82, 2.24) is 9.27 Å². The SMILES string of the molecule is CCOC(=O)c1c(C)nsc1NC1CCC(=O)N(C)C1=O. The number of piperidine rings is 1. The molecule has 1 aliphatic rings. The van der Waals surface area contributed by atoms with Gasteiger partial charge in [0.15, 0.2) is 0 Å². The van der Waals surface area contributed by atoms with Gasteiger partial charge in [-0.2, -0.15) is 4.37 Å². The van der Waals surface area contributed by atoms with Gasteiger partial charge in [-0.25, -0.2) is 4.79 Å². The molecule has 8 heteroatoms. The molecule has 1 aromatic rings. The van der Waals surface area contributed by atoms with Crippen molar-refractivity contribution in [3.63, 3.8) is 0 Å². The standard InChI is InChI=1S/C13H17N3O4S/c1-4-20-13(19)10-7(2)15-21-11(10)14-8-5-6-9(17)16(3)12(8)18/h8,14H,4-6H2,1-3H3. The fraction of sp³-hybridized carbons (Fsp3) is 0.538. The first kappa shape index (κ1) is 15.4. The summed E-state index contributed by atoms with van der Waals surface area (Å²) in [5.41, 5.74) is 0.919. The molecule has 21 heavy (non-hydrogen) atoms. The van der Waals surface area contributed by atoms with Crippen LogP contribution in [0.5, 0.6) is 0 Å². The number of carbonyl (C=O) groups excluding carboxylic acids is 3. The van der Waals surface area contributed by atoms with Gasteiger partial charge in [0.05, 0.1) is 12.3 Å². The van der Waals surface area contributed by atoms with Gasteiger partial charge in [0.25, 0.3) is 5.91 Å². The first-order chi connectivity index (χ1) is 9.95. The minimum atomic E-state index is -0.527. The highest BCUT2D eigenvalue weighted by Gasteiger charge is 2.33. The van der Waals surface area contributed by atoms with E-state index in [4.69, 9.17) is 4.74 Å². The Labute approximate surface area is 126 Å². The molecule has 2 amide bonds. The molecule has 0 aliphatic carbocycles. The molecule has 0 spiro atoms.